The van der Waals surface area contributed by atoms with Crippen LogP contribution >= 0.6 is 0 Å². The quantitative estimate of drug-likeness (QED) is 0.482. The molecule has 1 aromatic heterocycles. The maximum absolute atomic E-state index is 13.9. The molecule has 2 aromatic rings. The van der Waals surface area contributed by atoms with Crippen LogP contribution in [0.1, 0.15) is 12.8 Å². The number of piperazine rings is 1. The van der Waals surface area contributed by atoms with Crippen molar-refractivity contribution in [2.45, 2.75) is 19.4 Å². The molecule has 1 N–H and O–H groups in total. The molecule has 7 nitrogen and oxygen atoms in total. The molecule has 0 atom stereocenters. The molecule has 1 aliphatic heterocycles. The Kier molecular flexibility index (Phi) is 6.40. The molecule has 1 fully saturated rings. The Labute approximate surface area is 153 Å². The molecule has 3 rings (SSSR count). The summed E-state index contributed by atoms with van der Waals surface area (Å²) in [7, 11) is 1.81. The smallest absolute Gasteiger partial charge is 0.193 e. The minimum Gasteiger partial charge on any atom is -0.366 e. The van der Waals surface area contributed by atoms with Crippen LogP contribution in [0.25, 0.3) is 0 Å². The Hall–Kier alpha value is -2.64. The number of hydrogen-bond donors (Lipinski definition) is 1. The average molecular weight is 359 g/mol. The molecular formula is C18H26FN7. The van der Waals surface area contributed by atoms with E-state index in [1.807, 2.05) is 23.7 Å². The van der Waals surface area contributed by atoms with E-state index in [0.29, 0.717) is 5.69 Å². The maximum Gasteiger partial charge on any atom is 0.193 e. The molecule has 0 bridgehead atoms. The first-order valence-corrected chi connectivity index (χ1v) is 9.05. The number of nitrogens with zero attached hydrogens (tertiary/aromatic N) is 6. The van der Waals surface area contributed by atoms with Gasteiger partial charge in [0.05, 0.1) is 5.69 Å². The standard InChI is InChI=1S/C18H26FN7/c1-20-18(21-8-4-5-9-24-14-22-23-15-24)26-12-10-25(11-13-26)17-7-3-2-6-16(17)19/h2-3,6-7,14-15H,4-5,8-13H2,1H3,(H,20,21). The van der Waals surface area contributed by atoms with E-state index in [4.69, 9.17) is 0 Å². The minimum atomic E-state index is -0.156. The van der Waals surface area contributed by atoms with Crippen molar-refractivity contribution >= 4 is 11.6 Å². The Balaban J connectivity index is 1.40. The van der Waals surface area contributed by atoms with Gasteiger partial charge in [-0.2, -0.15) is 0 Å². The first-order valence-electron chi connectivity index (χ1n) is 9.05. The van der Waals surface area contributed by atoms with Crippen LogP contribution < -0.4 is 10.2 Å². The first-order chi connectivity index (χ1) is 12.8. The van der Waals surface area contributed by atoms with Crippen LogP contribution in [0.5, 0.6) is 0 Å². The van der Waals surface area contributed by atoms with Crippen molar-refractivity contribution in [3.63, 3.8) is 0 Å². The molecule has 0 aliphatic carbocycles. The summed E-state index contributed by atoms with van der Waals surface area (Å²) in [5, 5.41) is 11.0. The predicted octanol–water partition coefficient (Wildman–Crippen LogP) is 1.59. The van der Waals surface area contributed by atoms with Crippen LogP contribution in [0.3, 0.4) is 0 Å². The number of halogens is 1. The van der Waals surface area contributed by atoms with Gasteiger partial charge in [-0.15, -0.1) is 10.2 Å². The van der Waals surface area contributed by atoms with Crippen LogP contribution in [-0.4, -0.2) is 65.4 Å². The third-order valence-corrected chi connectivity index (χ3v) is 4.58. The van der Waals surface area contributed by atoms with Gasteiger partial charge in [0, 0.05) is 46.3 Å². The number of aromatic nitrogens is 3. The highest BCUT2D eigenvalue weighted by molar-refractivity contribution is 5.80. The number of aliphatic imine (C=N–C) groups is 1. The second-order valence-electron chi connectivity index (χ2n) is 6.31. The molecule has 1 aromatic carbocycles. The summed E-state index contributed by atoms with van der Waals surface area (Å²) < 4.78 is 15.9. The van der Waals surface area contributed by atoms with Crippen LogP contribution in [0.2, 0.25) is 0 Å². The molecule has 0 spiro atoms. The summed E-state index contributed by atoms with van der Waals surface area (Å²) in [4.78, 5) is 8.72. The van der Waals surface area contributed by atoms with E-state index in [9.17, 15) is 4.39 Å². The zero-order valence-electron chi connectivity index (χ0n) is 15.2. The number of nitrogens with one attached hydrogen (secondary N) is 1. The largest absolute Gasteiger partial charge is 0.366 e. The highest BCUT2D eigenvalue weighted by atomic mass is 19.1. The van der Waals surface area contributed by atoms with Crippen molar-refractivity contribution in [1.29, 1.82) is 0 Å². The predicted molar refractivity (Wildman–Crippen MR) is 101 cm³/mol. The summed E-state index contributed by atoms with van der Waals surface area (Å²) in [5.41, 5.74) is 0.684. The van der Waals surface area contributed by atoms with Crippen molar-refractivity contribution in [3.05, 3.63) is 42.7 Å². The molecule has 1 aliphatic rings. The van der Waals surface area contributed by atoms with E-state index in [-0.39, 0.29) is 5.82 Å². The molecule has 8 heteroatoms. The lowest BCUT2D eigenvalue weighted by Crippen LogP contribution is -2.52. The van der Waals surface area contributed by atoms with Crippen LogP contribution in [0.15, 0.2) is 41.9 Å². The number of para-hydroxylation sites is 1. The average Bonchev–Trinajstić information content (AvgIpc) is 3.19. The van der Waals surface area contributed by atoms with E-state index in [2.05, 4.69) is 30.3 Å². The molecule has 1 saturated heterocycles. The van der Waals surface area contributed by atoms with Gasteiger partial charge in [0.15, 0.2) is 5.96 Å². The topological polar surface area (TPSA) is 61.6 Å². The summed E-state index contributed by atoms with van der Waals surface area (Å²) in [6, 6.07) is 6.96. The normalized spacial score (nSPS) is 15.4. The molecule has 26 heavy (non-hydrogen) atoms. The first kappa shape index (κ1) is 18.2. The zero-order valence-corrected chi connectivity index (χ0v) is 15.2. The molecule has 2 heterocycles. The van der Waals surface area contributed by atoms with Crippen molar-refractivity contribution < 1.29 is 4.39 Å². The van der Waals surface area contributed by atoms with Gasteiger partial charge in [-0.1, -0.05) is 12.1 Å². The van der Waals surface area contributed by atoms with Gasteiger partial charge < -0.3 is 19.7 Å². The number of anilines is 1. The Morgan fingerprint density at radius 3 is 2.54 bits per heavy atom. The monoisotopic (exact) mass is 359 g/mol. The minimum absolute atomic E-state index is 0.156. The van der Waals surface area contributed by atoms with Gasteiger partial charge in [0.2, 0.25) is 0 Å². The molecular weight excluding hydrogens is 333 g/mol. The fourth-order valence-electron chi connectivity index (χ4n) is 3.16. The fraction of sp³-hybridized carbons (Fsp3) is 0.500. The van der Waals surface area contributed by atoms with Crippen molar-refractivity contribution in [2.75, 3.05) is 44.7 Å². The maximum atomic E-state index is 13.9. The van der Waals surface area contributed by atoms with E-state index in [0.717, 1.165) is 58.1 Å². The third-order valence-electron chi connectivity index (χ3n) is 4.58. The summed E-state index contributed by atoms with van der Waals surface area (Å²) in [5.74, 6) is 0.763. The van der Waals surface area contributed by atoms with E-state index < -0.39 is 0 Å². The second kappa shape index (κ2) is 9.17. The molecule has 0 amide bonds. The van der Waals surface area contributed by atoms with Gasteiger partial charge in [-0.25, -0.2) is 4.39 Å². The number of aryl methyl sites for hydroxylation is 1. The van der Waals surface area contributed by atoms with Crippen LogP contribution in [0.4, 0.5) is 10.1 Å². The summed E-state index contributed by atoms with van der Waals surface area (Å²) in [6.07, 6.45) is 5.58. The van der Waals surface area contributed by atoms with Crippen LogP contribution in [-0.2, 0) is 6.54 Å². The summed E-state index contributed by atoms with van der Waals surface area (Å²) >= 11 is 0. The lowest BCUT2D eigenvalue weighted by Gasteiger charge is -2.37. The highest BCUT2D eigenvalue weighted by Crippen LogP contribution is 2.20. The summed E-state index contributed by atoms with van der Waals surface area (Å²) in [6.45, 7) is 5.03. The lowest BCUT2D eigenvalue weighted by atomic mass is 10.2. The molecule has 140 valence electrons. The van der Waals surface area contributed by atoms with E-state index in [1.165, 1.54) is 6.07 Å². The Morgan fingerprint density at radius 1 is 1.12 bits per heavy atom. The second-order valence-corrected chi connectivity index (χ2v) is 6.31. The molecule has 0 saturated carbocycles. The zero-order chi connectivity index (χ0) is 18.2. The Bertz CT molecular complexity index is 693. The number of benzene rings is 1. The molecule has 0 radical (unpaired) electrons. The number of guanidine groups is 1. The highest BCUT2D eigenvalue weighted by Gasteiger charge is 2.21. The van der Waals surface area contributed by atoms with Gasteiger partial charge >= 0.3 is 0 Å². The number of hydrogen-bond acceptors (Lipinski definition) is 4. The van der Waals surface area contributed by atoms with Gasteiger partial charge in [-0.3, -0.25) is 4.99 Å². The lowest BCUT2D eigenvalue weighted by molar-refractivity contribution is 0.370. The van der Waals surface area contributed by atoms with Gasteiger partial charge in [0.25, 0.3) is 0 Å². The van der Waals surface area contributed by atoms with Crippen LogP contribution in [0, 0.1) is 5.82 Å². The molecule has 0 unspecified atom stereocenters. The Morgan fingerprint density at radius 2 is 1.85 bits per heavy atom. The van der Waals surface area contributed by atoms with Gasteiger partial charge in [0.1, 0.15) is 18.5 Å². The van der Waals surface area contributed by atoms with E-state index >= 15 is 0 Å². The fourth-order valence-corrected chi connectivity index (χ4v) is 3.16. The van der Waals surface area contributed by atoms with Crippen molar-refractivity contribution in [3.8, 4) is 0 Å². The third kappa shape index (κ3) is 4.71. The number of unbranched alkanes of at least 4 members (excludes halogenated alkanes) is 1. The van der Waals surface area contributed by atoms with Crippen molar-refractivity contribution in [2.24, 2.45) is 4.99 Å². The van der Waals surface area contributed by atoms with Gasteiger partial charge in [-0.05, 0) is 25.0 Å². The number of rotatable bonds is 6. The van der Waals surface area contributed by atoms with E-state index in [1.54, 1.807) is 18.7 Å². The van der Waals surface area contributed by atoms with Crippen molar-refractivity contribution in [1.82, 2.24) is 25.0 Å². The SMILES string of the molecule is CN=C(NCCCCn1cnnc1)N1CCN(c2ccccc2F)CC1.